The van der Waals surface area contributed by atoms with Crippen LogP contribution in [0.15, 0.2) is 24.3 Å². The third-order valence-electron chi connectivity index (χ3n) is 5.76. The standard InChI is InChI=1S/C21H21NO6/c1-22-6-5-13-8-18-20(28-11-27-18)21(24-2)19(13)14(22)9-15(23)12-3-4-16-17(7-12)26-10-25-16/h3-4,7-8,14H,5-6,9-11H2,1-2H3/p+1/t14-/m0/s1. The number of ketones is 1. The van der Waals surface area contributed by atoms with E-state index < -0.39 is 0 Å². The van der Waals surface area contributed by atoms with Crippen LogP contribution >= 0.6 is 0 Å². The second kappa shape index (κ2) is 6.60. The van der Waals surface area contributed by atoms with Crippen molar-refractivity contribution < 1.29 is 33.4 Å². The van der Waals surface area contributed by atoms with E-state index in [1.807, 2.05) is 6.07 Å². The average molecular weight is 384 g/mol. The summed E-state index contributed by atoms with van der Waals surface area (Å²) in [6.07, 6.45) is 1.28. The SMILES string of the molecule is COc1c2c(cc3c1[C@H](CC(=O)c1ccc4c(c1)OCO4)[NH+](C)CC3)OCO2. The lowest BCUT2D eigenvalue weighted by atomic mass is 9.87. The number of ether oxygens (including phenoxy) is 5. The molecule has 7 nitrogen and oxygen atoms in total. The highest BCUT2D eigenvalue weighted by Gasteiger charge is 2.37. The second-order valence-electron chi connectivity index (χ2n) is 7.31. The predicted octanol–water partition coefficient (Wildman–Crippen LogP) is 1.54. The summed E-state index contributed by atoms with van der Waals surface area (Å²) in [6, 6.07) is 7.36. The van der Waals surface area contributed by atoms with Gasteiger partial charge in [-0.2, -0.15) is 0 Å². The minimum Gasteiger partial charge on any atom is -0.492 e. The fourth-order valence-electron chi connectivity index (χ4n) is 4.27. The summed E-state index contributed by atoms with van der Waals surface area (Å²) in [4.78, 5) is 14.4. The van der Waals surface area contributed by atoms with Gasteiger partial charge in [-0.25, -0.2) is 0 Å². The van der Waals surface area contributed by atoms with E-state index in [9.17, 15) is 4.79 Å². The van der Waals surface area contributed by atoms with Crippen molar-refractivity contribution in [3.63, 3.8) is 0 Å². The number of likely N-dealkylation sites (N-methyl/N-ethyl adjacent to an activating group) is 1. The summed E-state index contributed by atoms with van der Waals surface area (Å²) in [7, 11) is 3.75. The summed E-state index contributed by atoms with van der Waals surface area (Å²) in [5.41, 5.74) is 2.84. The summed E-state index contributed by atoms with van der Waals surface area (Å²) >= 11 is 0. The summed E-state index contributed by atoms with van der Waals surface area (Å²) in [6.45, 7) is 1.33. The van der Waals surface area contributed by atoms with Crippen LogP contribution in [0.5, 0.6) is 28.7 Å². The van der Waals surface area contributed by atoms with E-state index in [2.05, 4.69) is 7.05 Å². The molecule has 0 radical (unpaired) electrons. The maximum atomic E-state index is 13.1. The molecule has 2 atom stereocenters. The maximum absolute atomic E-state index is 13.1. The van der Waals surface area contributed by atoms with Gasteiger partial charge in [-0.1, -0.05) is 0 Å². The molecule has 0 amide bonds. The van der Waals surface area contributed by atoms with Gasteiger partial charge in [0.1, 0.15) is 6.04 Å². The highest BCUT2D eigenvalue weighted by Crippen LogP contribution is 2.48. The van der Waals surface area contributed by atoms with Gasteiger partial charge < -0.3 is 28.6 Å². The Labute approximate surface area is 162 Å². The number of carbonyl (C=O) groups is 1. The van der Waals surface area contributed by atoms with Gasteiger partial charge in [0.2, 0.25) is 19.3 Å². The first-order valence-corrected chi connectivity index (χ1v) is 9.40. The molecule has 0 bridgehead atoms. The van der Waals surface area contributed by atoms with Crippen LogP contribution < -0.4 is 28.6 Å². The van der Waals surface area contributed by atoms with Gasteiger partial charge >= 0.3 is 0 Å². The van der Waals surface area contributed by atoms with Crippen molar-refractivity contribution in [2.24, 2.45) is 0 Å². The van der Waals surface area contributed by atoms with Gasteiger partial charge in [-0.05, 0) is 29.8 Å². The van der Waals surface area contributed by atoms with Crippen LogP contribution in [0.25, 0.3) is 0 Å². The van der Waals surface area contributed by atoms with Crippen molar-refractivity contribution in [1.82, 2.24) is 0 Å². The Bertz CT molecular complexity index is 956. The van der Waals surface area contributed by atoms with Gasteiger partial charge in [0.05, 0.1) is 32.7 Å². The monoisotopic (exact) mass is 384 g/mol. The van der Waals surface area contributed by atoms with Gasteiger partial charge in [-0.3, -0.25) is 4.79 Å². The molecule has 3 aliphatic heterocycles. The number of benzene rings is 2. The average Bonchev–Trinajstić information content (AvgIpc) is 3.36. The van der Waals surface area contributed by atoms with Crippen molar-refractivity contribution in [2.45, 2.75) is 18.9 Å². The summed E-state index contributed by atoms with van der Waals surface area (Å²) in [5.74, 6) is 3.41. The van der Waals surface area contributed by atoms with Crippen LogP contribution in [-0.4, -0.2) is 40.1 Å². The molecule has 3 heterocycles. The number of methoxy groups -OCH3 is 1. The molecule has 0 aliphatic carbocycles. The van der Waals surface area contributed by atoms with Gasteiger partial charge in [0, 0.05) is 12.0 Å². The lowest BCUT2D eigenvalue weighted by Crippen LogP contribution is -3.10. The highest BCUT2D eigenvalue weighted by molar-refractivity contribution is 5.97. The van der Waals surface area contributed by atoms with Crippen LogP contribution in [0.1, 0.15) is 33.9 Å². The Balaban J connectivity index is 1.50. The fourth-order valence-corrected chi connectivity index (χ4v) is 4.27. The molecular formula is C21H22NO6+. The quantitative estimate of drug-likeness (QED) is 0.807. The predicted molar refractivity (Wildman–Crippen MR) is 98.8 cm³/mol. The van der Waals surface area contributed by atoms with Gasteiger partial charge in [0.15, 0.2) is 28.8 Å². The zero-order chi connectivity index (χ0) is 19.3. The molecule has 0 saturated carbocycles. The number of rotatable bonds is 4. The summed E-state index contributed by atoms with van der Waals surface area (Å²) in [5, 5.41) is 0. The Morgan fingerprint density at radius 2 is 1.89 bits per heavy atom. The first kappa shape index (κ1) is 17.2. The maximum Gasteiger partial charge on any atom is 0.231 e. The van der Waals surface area contributed by atoms with E-state index in [1.165, 1.54) is 4.90 Å². The van der Waals surface area contributed by atoms with Gasteiger partial charge in [-0.15, -0.1) is 0 Å². The molecule has 28 heavy (non-hydrogen) atoms. The van der Waals surface area contributed by atoms with E-state index in [4.69, 9.17) is 23.7 Å². The van der Waals surface area contributed by atoms with E-state index in [0.717, 1.165) is 29.8 Å². The molecule has 146 valence electrons. The molecule has 0 aromatic heterocycles. The smallest absolute Gasteiger partial charge is 0.231 e. The van der Waals surface area contributed by atoms with Crippen LogP contribution in [-0.2, 0) is 6.42 Å². The number of quaternary nitrogens is 1. The first-order chi connectivity index (χ1) is 13.7. The molecule has 3 aliphatic rings. The van der Waals surface area contributed by atoms with Crippen molar-refractivity contribution in [3.05, 3.63) is 41.0 Å². The van der Waals surface area contributed by atoms with Crippen molar-refractivity contribution in [1.29, 1.82) is 0 Å². The van der Waals surface area contributed by atoms with Crippen molar-refractivity contribution >= 4 is 5.78 Å². The van der Waals surface area contributed by atoms with Crippen LogP contribution in [0.3, 0.4) is 0 Å². The zero-order valence-corrected chi connectivity index (χ0v) is 15.9. The molecule has 5 rings (SSSR count). The van der Waals surface area contributed by atoms with E-state index >= 15 is 0 Å². The number of hydrogen-bond donors (Lipinski definition) is 1. The van der Waals surface area contributed by atoms with Crippen LogP contribution in [0.4, 0.5) is 0 Å². The summed E-state index contributed by atoms with van der Waals surface area (Å²) < 4.78 is 27.7. The normalized spacial score (nSPS) is 21.4. The second-order valence-corrected chi connectivity index (χ2v) is 7.31. The van der Waals surface area contributed by atoms with Gasteiger partial charge in [0.25, 0.3) is 0 Å². The number of hydrogen-bond acceptors (Lipinski definition) is 6. The van der Waals surface area contributed by atoms with Crippen LogP contribution in [0.2, 0.25) is 0 Å². The van der Waals surface area contributed by atoms with E-state index in [1.54, 1.807) is 25.3 Å². The highest BCUT2D eigenvalue weighted by atomic mass is 16.7. The minimum absolute atomic E-state index is 0.0221. The molecule has 0 fully saturated rings. The Morgan fingerprint density at radius 3 is 2.75 bits per heavy atom. The Kier molecular flexibility index (Phi) is 4.05. The Morgan fingerprint density at radius 1 is 1.11 bits per heavy atom. The number of nitrogens with one attached hydrogen (secondary N) is 1. The van der Waals surface area contributed by atoms with E-state index in [0.29, 0.717) is 35.0 Å². The lowest BCUT2D eigenvalue weighted by molar-refractivity contribution is -0.913. The zero-order valence-electron chi connectivity index (χ0n) is 15.9. The molecule has 2 aromatic carbocycles. The molecular weight excluding hydrogens is 362 g/mol. The van der Waals surface area contributed by atoms with Crippen molar-refractivity contribution in [2.75, 3.05) is 34.3 Å². The first-order valence-electron chi connectivity index (χ1n) is 9.40. The topological polar surface area (TPSA) is 67.7 Å². The molecule has 2 aromatic rings. The number of fused-ring (bicyclic) bond motifs is 3. The fraction of sp³-hybridized carbons (Fsp3) is 0.381. The Hall–Kier alpha value is -2.93. The largest absolute Gasteiger partial charge is 0.492 e. The minimum atomic E-state index is -0.0221. The lowest BCUT2D eigenvalue weighted by Gasteiger charge is -2.32. The van der Waals surface area contributed by atoms with Crippen molar-refractivity contribution in [3.8, 4) is 28.7 Å². The van der Waals surface area contributed by atoms with Crippen LogP contribution in [0, 0.1) is 0 Å². The molecule has 1 unspecified atom stereocenters. The number of carbonyl (C=O) groups excluding carboxylic acids is 1. The number of Topliss-reactive ketones (excluding diaryl/α,β-unsaturated/α-hetero) is 1. The van der Waals surface area contributed by atoms with E-state index in [-0.39, 0.29) is 25.4 Å². The molecule has 1 N–H and O–H groups in total. The molecule has 0 spiro atoms. The third kappa shape index (κ3) is 2.65. The third-order valence-corrected chi connectivity index (χ3v) is 5.76. The molecule has 0 saturated heterocycles. The molecule has 7 heteroatoms.